The number of carbonyl (C=O) groups is 1. The molecule has 11 heteroatoms. The monoisotopic (exact) mass is 637 g/mol. The zero-order valence-electron chi connectivity index (χ0n) is 25.9. The first-order valence-corrected chi connectivity index (χ1v) is 17.3. The maximum Gasteiger partial charge on any atom is 0.254 e. The zero-order valence-corrected chi connectivity index (χ0v) is 27.5. The van der Waals surface area contributed by atoms with Crippen molar-refractivity contribution >= 4 is 38.9 Å². The molecular weight excluding hydrogens is 598 g/mol. The number of sulfone groups is 1. The number of nitrogens with zero attached hydrogens (tertiary/aromatic N) is 4. The van der Waals surface area contributed by atoms with Gasteiger partial charge in [0.15, 0.2) is 15.7 Å². The number of para-hydroxylation sites is 1. The molecule has 2 bridgehead atoms. The number of hydrogen-bond donors (Lipinski definition) is 1. The Labute approximate surface area is 264 Å². The van der Waals surface area contributed by atoms with Crippen LogP contribution in [0.15, 0.2) is 47.5 Å². The van der Waals surface area contributed by atoms with E-state index in [9.17, 15) is 13.2 Å². The van der Waals surface area contributed by atoms with E-state index >= 15 is 0 Å². The smallest absolute Gasteiger partial charge is 0.254 e. The number of ether oxygens (including phenoxy) is 1. The van der Waals surface area contributed by atoms with Crippen LogP contribution in [0.3, 0.4) is 0 Å². The third kappa shape index (κ3) is 5.68. The second-order valence-corrected chi connectivity index (χ2v) is 15.6. The van der Waals surface area contributed by atoms with Crippen molar-refractivity contribution in [1.29, 1.82) is 0 Å². The molecule has 4 heterocycles. The maximum absolute atomic E-state index is 13.8. The minimum absolute atomic E-state index is 0.0643. The van der Waals surface area contributed by atoms with E-state index in [0.29, 0.717) is 53.7 Å². The first-order valence-electron chi connectivity index (χ1n) is 15.4. The average Bonchev–Trinajstić information content (AvgIpc) is 3.34. The number of carbonyl (C=O) groups excluding carboxylic acids is 1. The number of aromatic nitrogens is 2. The van der Waals surface area contributed by atoms with Gasteiger partial charge in [-0.1, -0.05) is 30.2 Å². The van der Waals surface area contributed by atoms with Gasteiger partial charge in [-0.3, -0.25) is 9.69 Å². The van der Waals surface area contributed by atoms with E-state index in [1.54, 1.807) is 38.1 Å². The fourth-order valence-electron chi connectivity index (χ4n) is 6.88. The lowest BCUT2D eigenvalue weighted by Crippen LogP contribution is -2.45. The van der Waals surface area contributed by atoms with E-state index in [2.05, 4.69) is 32.1 Å². The molecule has 3 aliphatic rings. The Kier molecular flexibility index (Phi) is 8.36. The fraction of sp³-hybridized carbons (Fsp3) is 0.485. The highest BCUT2D eigenvalue weighted by atomic mass is 35.5. The summed E-state index contributed by atoms with van der Waals surface area (Å²) in [6.07, 6.45) is 6.32. The molecule has 2 aromatic carbocycles. The van der Waals surface area contributed by atoms with E-state index in [-0.39, 0.29) is 28.0 Å². The number of rotatable bonds is 9. The average molecular weight is 638 g/mol. The fourth-order valence-corrected chi connectivity index (χ4v) is 8.22. The van der Waals surface area contributed by atoms with Gasteiger partial charge in [0, 0.05) is 42.2 Å². The van der Waals surface area contributed by atoms with Crippen molar-refractivity contribution in [3.05, 3.63) is 70.1 Å². The predicted octanol–water partition coefficient (Wildman–Crippen LogP) is 6.01. The van der Waals surface area contributed by atoms with Crippen molar-refractivity contribution in [3.8, 4) is 5.75 Å². The Morgan fingerprint density at radius 2 is 1.89 bits per heavy atom. The van der Waals surface area contributed by atoms with Crippen LogP contribution >= 0.6 is 11.6 Å². The number of nitrogens with one attached hydrogen (secondary N) is 1. The van der Waals surface area contributed by atoms with Gasteiger partial charge in [-0.15, -0.1) is 0 Å². The van der Waals surface area contributed by atoms with E-state index in [0.717, 1.165) is 24.0 Å². The first-order chi connectivity index (χ1) is 20.9. The number of amides is 1. The SMILES string of the molecule is CC(C)Oc1cc2c(cc1Cc1ncc(Cl)c(Nc3ccccc3S(=O)(=O)C(C)C)n1)C(=O)N(C1CC3CCCC1N3C)C2. The molecule has 3 unspecified atom stereocenters. The van der Waals surface area contributed by atoms with Crippen LogP contribution in [0.1, 0.15) is 80.7 Å². The number of piperidine rings is 1. The van der Waals surface area contributed by atoms with Crippen molar-refractivity contribution < 1.29 is 17.9 Å². The molecular formula is C33H40ClN5O4S. The lowest BCUT2D eigenvalue weighted by Gasteiger charge is -2.34. The van der Waals surface area contributed by atoms with Gasteiger partial charge in [0.25, 0.3) is 5.91 Å². The molecule has 0 aliphatic carbocycles. The van der Waals surface area contributed by atoms with Gasteiger partial charge in [-0.25, -0.2) is 18.4 Å². The van der Waals surface area contributed by atoms with Crippen LogP contribution in [-0.2, 0) is 22.8 Å². The number of halogens is 1. The molecule has 2 saturated heterocycles. The molecule has 234 valence electrons. The van der Waals surface area contributed by atoms with Crippen LogP contribution in [0.2, 0.25) is 5.02 Å². The van der Waals surface area contributed by atoms with Crippen molar-refractivity contribution in [1.82, 2.24) is 19.8 Å². The van der Waals surface area contributed by atoms with Gasteiger partial charge in [-0.05, 0) is 83.8 Å². The van der Waals surface area contributed by atoms with Crippen LogP contribution in [0, 0.1) is 0 Å². The Morgan fingerprint density at radius 1 is 1.11 bits per heavy atom. The van der Waals surface area contributed by atoms with E-state index in [4.69, 9.17) is 16.3 Å². The van der Waals surface area contributed by atoms with Crippen LogP contribution in [0.5, 0.6) is 5.75 Å². The minimum atomic E-state index is -3.55. The number of benzene rings is 2. The highest BCUT2D eigenvalue weighted by molar-refractivity contribution is 7.92. The summed E-state index contributed by atoms with van der Waals surface area (Å²) >= 11 is 6.49. The third-order valence-corrected chi connectivity index (χ3v) is 11.7. The molecule has 6 rings (SSSR count). The second-order valence-electron chi connectivity index (χ2n) is 12.7. The summed E-state index contributed by atoms with van der Waals surface area (Å²) in [4.78, 5) is 27.7. The summed E-state index contributed by atoms with van der Waals surface area (Å²) in [6, 6.07) is 11.8. The molecule has 44 heavy (non-hydrogen) atoms. The standard InChI is InChI=1S/C33H40ClN5O4S/c1-19(2)43-29-14-22-18-39(28-16-23-9-8-11-27(28)38(23)5)33(40)24(22)13-21(29)15-31-35-17-25(34)32(37-31)36-26-10-6-7-12-30(26)44(41,42)20(3)4/h6-7,10,12-14,17,19-20,23,27-28H,8-9,11,15-16,18H2,1-5H3,(H,35,36,37). The summed E-state index contributed by atoms with van der Waals surface area (Å²) in [7, 11) is -1.35. The molecule has 3 aromatic rings. The number of fused-ring (bicyclic) bond motifs is 3. The summed E-state index contributed by atoms with van der Waals surface area (Å²) in [6.45, 7) is 7.85. The molecule has 1 N–H and O–H groups in total. The zero-order chi connectivity index (χ0) is 31.3. The summed E-state index contributed by atoms with van der Waals surface area (Å²) in [5.41, 5.74) is 2.90. The molecule has 3 atom stereocenters. The van der Waals surface area contributed by atoms with Crippen LogP contribution in [-0.4, -0.2) is 70.6 Å². The normalized spacial score (nSPS) is 21.8. The van der Waals surface area contributed by atoms with E-state index in [1.165, 1.54) is 19.0 Å². The summed E-state index contributed by atoms with van der Waals surface area (Å²) in [5.74, 6) is 1.54. The topological polar surface area (TPSA) is 105 Å². The molecule has 3 aliphatic heterocycles. The molecule has 0 spiro atoms. The van der Waals surface area contributed by atoms with Gasteiger partial charge >= 0.3 is 0 Å². The van der Waals surface area contributed by atoms with Gasteiger partial charge in [0.2, 0.25) is 0 Å². The van der Waals surface area contributed by atoms with Crippen molar-refractivity contribution in [2.24, 2.45) is 0 Å². The minimum Gasteiger partial charge on any atom is -0.491 e. The largest absolute Gasteiger partial charge is 0.491 e. The van der Waals surface area contributed by atoms with Crippen LogP contribution < -0.4 is 10.1 Å². The van der Waals surface area contributed by atoms with Crippen LogP contribution in [0.4, 0.5) is 11.5 Å². The first kappa shape index (κ1) is 30.8. The van der Waals surface area contributed by atoms with Crippen LogP contribution in [0.25, 0.3) is 0 Å². The lowest BCUT2D eigenvalue weighted by molar-refractivity contribution is 0.0642. The highest BCUT2D eigenvalue weighted by Crippen LogP contribution is 2.41. The van der Waals surface area contributed by atoms with E-state index in [1.807, 2.05) is 26.0 Å². The Hall–Kier alpha value is -3.21. The third-order valence-electron chi connectivity index (χ3n) is 9.19. The van der Waals surface area contributed by atoms with Gasteiger partial charge in [0.05, 0.1) is 28.1 Å². The second kappa shape index (κ2) is 11.9. The predicted molar refractivity (Wildman–Crippen MR) is 172 cm³/mol. The summed E-state index contributed by atoms with van der Waals surface area (Å²) in [5, 5.41) is 2.80. The molecule has 0 radical (unpaired) electrons. The van der Waals surface area contributed by atoms with Gasteiger partial charge in [-0.2, -0.15) is 0 Å². The van der Waals surface area contributed by atoms with Gasteiger partial charge in [0.1, 0.15) is 16.6 Å². The van der Waals surface area contributed by atoms with E-state index < -0.39 is 15.1 Å². The van der Waals surface area contributed by atoms with Crippen molar-refractivity contribution in [2.75, 3.05) is 12.4 Å². The van der Waals surface area contributed by atoms with Gasteiger partial charge < -0.3 is 15.0 Å². The quantitative estimate of drug-likeness (QED) is 0.304. The molecule has 2 fully saturated rings. The summed E-state index contributed by atoms with van der Waals surface area (Å²) < 4.78 is 32.3. The Morgan fingerprint density at radius 3 is 2.61 bits per heavy atom. The number of hydrogen-bond acceptors (Lipinski definition) is 8. The van der Waals surface area contributed by atoms with Crippen molar-refractivity contribution in [2.45, 2.75) is 101 Å². The molecule has 1 aromatic heterocycles. The Bertz CT molecular complexity index is 1700. The highest BCUT2D eigenvalue weighted by Gasteiger charge is 2.47. The number of likely N-dealkylation sites (N-methyl/N-ethyl adjacent to an activating group) is 1. The number of anilines is 2. The maximum atomic E-state index is 13.8. The molecule has 9 nitrogen and oxygen atoms in total. The molecule has 1 amide bonds. The lowest BCUT2D eigenvalue weighted by atomic mass is 10.0. The van der Waals surface area contributed by atoms with Crippen molar-refractivity contribution in [3.63, 3.8) is 0 Å². The Balaban J connectivity index is 1.30. The molecule has 0 saturated carbocycles.